The van der Waals surface area contributed by atoms with E-state index in [0.717, 1.165) is 5.39 Å². The third-order valence-electron chi connectivity index (χ3n) is 7.03. The van der Waals surface area contributed by atoms with Crippen molar-refractivity contribution in [3.05, 3.63) is 119 Å². The molecule has 1 N–H and O–H groups in total. The first kappa shape index (κ1) is 29.4. The maximum Gasteiger partial charge on any atom is 0.318 e. The van der Waals surface area contributed by atoms with Gasteiger partial charge < -0.3 is 19.2 Å². The Morgan fingerprint density at radius 2 is 1.55 bits per heavy atom. The molecular formula is C34H32ClFN2O3Si. The molecule has 0 atom stereocenters. The fourth-order valence-electron chi connectivity index (χ4n) is 5.10. The van der Waals surface area contributed by atoms with Crippen molar-refractivity contribution in [2.45, 2.75) is 31.7 Å². The highest BCUT2D eigenvalue weighted by Crippen LogP contribution is 2.46. The molecule has 0 aliphatic heterocycles. The van der Waals surface area contributed by atoms with Crippen LogP contribution in [0.3, 0.4) is 0 Å². The van der Waals surface area contributed by atoms with Gasteiger partial charge in [0.15, 0.2) is 11.5 Å². The molecule has 5 rings (SSSR count). The molecular weight excluding hydrogens is 567 g/mol. The predicted octanol–water partition coefficient (Wildman–Crippen LogP) is 9.21. The summed E-state index contributed by atoms with van der Waals surface area (Å²) in [6.07, 6.45) is 1.66. The van der Waals surface area contributed by atoms with Gasteiger partial charge in [-0.05, 0) is 36.2 Å². The molecule has 0 fully saturated rings. The Morgan fingerprint density at radius 1 is 0.881 bits per heavy atom. The summed E-state index contributed by atoms with van der Waals surface area (Å²) in [7, 11) is 1.61. The highest BCUT2D eigenvalue weighted by molar-refractivity contribution is 6.36. The zero-order chi connectivity index (χ0) is 29.7. The fourth-order valence-corrected chi connectivity index (χ4v) is 6.35. The van der Waals surface area contributed by atoms with E-state index in [2.05, 4.69) is 72.7 Å². The van der Waals surface area contributed by atoms with E-state index in [0.29, 0.717) is 35.1 Å². The zero-order valence-corrected chi connectivity index (χ0v) is 25.7. The van der Waals surface area contributed by atoms with Gasteiger partial charge in [0.2, 0.25) is 0 Å². The van der Waals surface area contributed by atoms with Gasteiger partial charge in [-0.2, -0.15) is 0 Å². The summed E-state index contributed by atoms with van der Waals surface area (Å²) < 4.78 is 32.8. The third-order valence-corrected chi connectivity index (χ3v) is 8.46. The van der Waals surface area contributed by atoms with Gasteiger partial charge in [-0.1, -0.05) is 86.1 Å². The lowest BCUT2D eigenvalue weighted by Crippen LogP contribution is -2.27. The minimum Gasteiger partial charge on any atom is -0.539 e. The Balaban J connectivity index is 1.43. The summed E-state index contributed by atoms with van der Waals surface area (Å²) in [5.41, 5.74) is 3.98. The highest BCUT2D eigenvalue weighted by atomic mass is 35.5. The molecule has 0 amide bonds. The topological polar surface area (TPSA) is 52.6 Å². The van der Waals surface area contributed by atoms with E-state index in [9.17, 15) is 0 Å². The molecule has 0 saturated heterocycles. The zero-order valence-electron chi connectivity index (χ0n) is 23.9. The van der Waals surface area contributed by atoms with Gasteiger partial charge >= 0.3 is 9.76 Å². The molecule has 0 saturated carbocycles. The number of fused-ring (bicyclic) bond motifs is 1. The molecule has 0 aliphatic rings. The van der Waals surface area contributed by atoms with Gasteiger partial charge in [0.1, 0.15) is 11.6 Å². The number of benzene rings is 4. The van der Waals surface area contributed by atoms with Crippen LogP contribution in [-0.2, 0) is 0 Å². The van der Waals surface area contributed by atoms with E-state index in [1.165, 1.54) is 17.2 Å². The van der Waals surface area contributed by atoms with Crippen molar-refractivity contribution in [2.75, 3.05) is 19.0 Å². The number of anilines is 2. The lowest BCUT2D eigenvalue weighted by molar-refractivity contribution is 0.311. The minimum absolute atomic E-state index is 0.0310. The molecule has 0 bridgehead atoms. The first-order valence-electron chi connectivity index (χ1n) is 13.7. The second kappa shape index (κ2) is 12.8. The van der Waals surface area contributed by atoms with Gasteiger partial charge in [-0.3, -0.25) is 4.98 Å². The average molecular weight is 599 g/mol. The van der Waals surface area contributed by atoms with Crippen molar-refractivity contribution < 1.29 is 18.3 Å². The first-order valence-corrected chi connectivity index (χ1v) is 15.0. The Morgan fingerprint density at radius 3 is 2.17 bits per heavy atom. The number of halogens is 2. The van der Waals surface area contributed by atoms with Crippen LogP contribution in [0.4, 0.5) is 15.8 Å². The Labute approximate surface area is 253 Å². The maximum atomic E-state index is 15.2. The van der Waals surface area contributed by atoms with Gasteiger partial charge in [0, 0.05) is 40.4 Å². The van der Waals surface area contributed by atoms with Crippen LogP contribution in [-0.4, -0.2) is 28.5 Å². The van der Waals surface area contributed by atoms with Gasteiger partial charge in [-0.15, -0.1) is 0 Å². The molecule has 5 aromatic rings. The molecule has 214 valence electrons. The molecule has 42 heavy (non-hydrogen) atoms. The number of rotatable bonds is 11. The molecule has 1 heterocycles. The van der Waals surface area contributed by atoms with Crippen LogP contribution >= 0.6 is 11.6 Å². The smallest absolute Gasteiger partial charge is 0.318 e. The second-order valence-electron chi connectivity index (χ2n) is 10.4. The highest BCUT2D eigenvalue weighted by Gasteiger charge is 2.35. The van der Waals surface area contributed by atoms with E-state index in [4.69, 9.17) is 25.5 Å². The second-order valence-corrected chi connectivity index (χ2v) is 12.5. The number of hydrogen-bond donors (Lipinski definition) is 1. The van der Waals surface area contributed by atoms with Crippen LogP contribution in [0.15, 0.2) is 97.2 Å². The van der Waals surface area contributed by atoms with Gasteiger partial charge in [-0.25, -0.2) is 4.39 Å². The molecule has 0 unspecified atom stereocenters. The Kier molecular flexibility index (Phi) is 8.99. The molecule has 4 aromatic carbocycles. The van der Waals surface area contributed by atoms with Crippen molar-refractivity contribution in [3.8, 4) is 17.2 Å². The summed E-state index contributed by atoms with van der Waals surface area (Å²) in [4.78, 5) is 4.46. The monoisotopic (exact) mass is 598 g/mol. The Bertz CT molecular complexity index is 1630. The standard InChI is InChI=1S/C34H32ClFN2O3Si/c1-5-40-32-20-28-24(18-31(32)39-4)27(16-17-37-28)38-29-21-30(25(35)19-26(29)36)41-42-34(2,3)33(22-12-8-6-9-13-22)23-14-10-7-11-15-23/h6-21,33H,5H2,1-4H3,(H,37,38). The van der Waals surface area contributed by atoms with Crippen LogP contribution in [0.5, 0.6) is 17.2 Å². The number of methoxy groups -OCH3 is 1. The van der Waals surface area contributed by atoms with Crippen LogP contribution in [0, 0.1) is 5.82 Å². The van der Waals surface area contributed by atoms with Crippen molar-refractivity contribution in [1.29, 1.82) is 0 Å². The number of nitrogens with one attached hydrogen (secondary N) is 1. The quantitative estimate of drug-likeness (QED) is 0.154. The van der Waals surface area contributed by atoms with Crippen molar-refractivity contribution in [1.82, 2.24) is 4.98 Å². The maximum absolute atomic E-state index is 15.2. The number of nitrogens with zero attached hydrogens (tertiary/aromatic N) is 1. The van der Waals surface area contributed by atoms with Gasteiger partial charge in [0.25, 0.3) is 0 Å². The SMILES string of the molecule is CCOc1cc2nccc(Nc3cc(O[Si]C(C)(C)C(c4ccccc4)c4ccccc4)c(Cl)cc3F)c2cc1OC. The fraction of sp³-hybridized carbons (Fsp3) is 0.206. The Hall–Kier alpha value is -4.07. The summed E-state index contributed by atoms with van der Waals surface area (Å²) in [5.74, 6) is 1.15. The summed E-state index contributed by atoms with van der Waals surface area (Å²) in [5, 5.41) is 3.87. The summed E-state index contributed by atoms with van der Waals surface area (Å²) >= 11 is 6.50. The van der Waals surface area contributed by atoms with Crippen LogP contribution < -0.4 is 19.2 Å². The van der Waals surface area contributed by atoms with E-state index in [1.807, 2.05) is 31.2 Å². The first-order chi connectivity index (χ1) is 20.3. The molecule has 8 heteroatoms. The summed E-state index contributed by atoms with van der Waals surface area (Å²) in [6, 6.07) is 29.1. The predicted molar refractivity (Wildman–Crippen MR) is 169 cm³/mol. The average Bonchev–Trinajstić information content (AvgIpc) is 2.99. The van der Waals surface area contributed by atoms with E-state index >= 15 is 4.39 Å². The molecule has 0 aliphatic carbocycles. The van der Waals surface area contributed by atoms with E-state index < -0.39 is 5.82 Å². The van der Waals surface area contributed by atoms with Crippen molar-refractivity contribution in [3.63, 3.8) is 0 Å². The normalized spacial score (nSPS) is 11.5. The van der Waals surface area contributed by atoms with Crippen molar-refractivity contribution in [2.24, 2.45) is 0 Å². The molecule has 0 spiro atoms. The van der Waals surface area contributed by atoms with E-state index in [-0.39, 0.29) is 31.4 Å². The third kappa shape index (κ3) is 6.37. The minimum atomic E-state index is -0.496. The van der Waals surface area contributed by atoms with Crippen LogP contribution in [0.1, 0.15) is 37.8 Å². The van der Waals surface area contributed by atoms with Gasteiger partial charge in [0.05, 0.1) is 29.9 Å². The largest absolute Gasteiger partial charge is 0.539 e. The lowest BCUT2D eigenvalue weighted by atomic mass is 9.82. The molecule has 2 radical (unpaired) electrons. The number of hydrogen-bond acceptors (Lipinski definition) is 5. The lowest BCUT2D eigenvalue weighted by Gasteiger charge is -2.34. The van der Waals surface area contributed by atoms with Crippen molar-refractivity contribution >= 4 is 43.6 Å². The molecule has 5 nitrogen and oxygen atoms in total. The summed E-state index contributed by atoms with van der Waals surface area (Å²) in [6.45, 7) is 6.76. The van der Waals surface area contributed by atoms with Crippen LogP contribution in [0.2, 0.25) is 10.1 Å². The number of aromatic nitrogens is 1. The molecule has 1 aromatic heterocycles. The van der Waals surface area contributed by atoms with Crippen LogP contribution in [0.25, 0.3) is 10.9 Å². The number of ether oxygens (including phenoxy) is 2. The number of pyridine rings is 1. The van der Waals surface area contributed by atoms with E-state index in [1.54, 1.807) is 25.4 Å².